The Morgan fingerprint density at radius 2 is 2.05 bits per heavy atom. The number of nitrogens with zero attached hydrogens (tertiary/aromatic N) is 2. The number of thiophene rings is 1. The van der Waals surface area contributed by atoms with E-state index in [0.29, 0.717) is 6.54 Å². The summed E-state index contributed by atoms with van der Waals surface area (Å²) in [5, 5.41) is 7.66. The molecule has 0 amide bonds. The minimum Gasteiger partial charge on any atom is -0.352 e. The van der Waals surface area contributed by atoms with Crippen molar-refractivity contribution in [1.82, 2.24) is 15.6 Å². The average Bonchev–Trinajstić information content (AvgIpc) is 3.08. The molecule has 2 aromatic heterocycles. The van der Waals surface area contributed by atoms with E-state index in [1.54, 1.807) is 29.7 Å². The largest absolute Gasteiger partial charge is 0.352 e. The lowest BCUT2D eigenvalue weighted by Crippen LogP contribution is -2.36. The van der Waals surface area contributed by atoms with Crippen LogP contribution >= 0.6 is 38.6 Å². The minimum absolute atomic E-state index is 0.707. The summed E-state index contributed by atoms with van der Waals surface area (Å²) in [7, 11) is 1.78. The fourth-order valence-corrected chi connectivity index (χ4v) is 3.82. The molecule has 20 heavy (non-hydrogen) atoms. The fraction of sp³-hybridized carbons (Fsp3) is 0.385. The van der Waals surface area contributed by atoms with Gasteiger partial charge in [0, 0.05) is 23.0 Å². The molecule has 2 N–H and O–H groups in total. The van der Waals surface area contributed by atoms with Crippen molar-refractivity contribution in [2.45, 2.75) is 26.4 Å². The van der Waals surface area contributed by atoms with E-state index in [9.17, 15) is 0 Å². The Labute approximate surface area is 135 Å². The molecule has 0 saturated carbocycles. The van der Waals surface area contributed by atoms with Gasteiger partial charge < -0.3 is 10.6 Å². The standard InChI is InChI=1S/C13H17BrN4S2/c1-3-9-6-16-12(20-9)8-18-13(15-2)17-7-10-4-5-11(14)19-10/h4-6H,3,7-8H2,1-2H3,(H2,15,17,18). The number of hydrogen-bond donors (Lipinski definition) is 2. The zero-order chi connectivity index (χ0) is 14.4. The third-order valence-electron chi connectivity index (χ3n) is 2.64. The van der Waals surface area contributed by atoms with Crippen molar-refractivity contribution < 1.29 is 0 Å². The highest BCUT2D eigenvalue weighted by Crippen LogP contribution is 2.21. The number of rotatable bonds is 5. The molecule has 0 aliphatic heterocycles. The van der Waals surface area contributed by atoms with Gasteiger partial charge in [-0.05, 0) is 34.5 Å². The van der Waals surface area contributed by atoms with Crippen LogP contribution in [-0.4, -0.2) is 18.0 Å². The maximum absolute atomic E-state index is 4.38. The van der Waals surface area contributed by atoms with E-state index in [2.05, 4.69) is 55.6 Å². The Balaban J connectivity index is 1.80. The van der Waals surface area contributed by atoms with Gasteiger partial charge in [-0.15, -0.1) is 22.7 Å². The molecule has 0 aromatic carbocycles. The molecule has 0 spiro atoms. The van der Waals surface area contributed by atoms with E-state index in [1.165, 1.54) is 9.75 Å². The second kappa shape index (κ2) is 7.75. The topological polar surface area (TPSA) is 49.3 Å². The molecule has 0 bridgehead atoms. The number of aliphatic imine (C=N–C) groups is 1. The second-order valence-corrected chi connectivity index (χ2v) is 7.81. The highest BCUT2D eigenvalue weighted by atomic mass is 79.9. The molecular weight excluding hydrogens is 356 g/mol. The molecule has 0 radical (unpaired) electrons. The van der Waals surface area contributed by atoms with Crippen LogP contribution in [0.2, 0.25) is 0 Å². The zero-order valence-corrected chi connectivity index (χ0v) is 14.7. The van der Waals surface area contributed by atoms with Gasteiger partial charge in [-0.25, -0.2) is 4.98 Å². The predicted octanol–water partition coefficient (Wildman–Crippen LogP) is 3.39. The summed E-state index contributed by atoms with van der Waals surface area (Å²) in [4.78, 5) is 11.2. The quantitative estimate of drug-likeness (QED) is 0.624. The summed E-state index contributed by atoms with van der Waals surface area (Å²) in [5.41, 5.74) is 0. The smallest absolute Gasteiger partial charge is 0.191 e. The van der Waals surface area contributed by atoms with Gasteiger partial charge in [0.2, 0.25) is 0 Å². The van der Waals surface area contributed by atoms with Gasteiger partial charge >= 0.3 is 0 Å². The first-order valence-corrected chi connectivity index (χ1v) is 8.76. The molecular formula is C13H17BrN4S2. The van der Waals surface area contributed by atoms with Gasteiger partial charge in [0.25, 0.3) is 0 Å². The summed E-state index contributed by atoms with van der Waals surface area (Å²) in [6.07, 6.45) is 2.99. The Morgan fingerprint density at radius 1 is 1.25 bits per heavy atom. The van der Waals surface area contributed by atoms with Crippen LogP contribution in [-0.2, 0) is 19.5 Å². The van der Waals surface area contributed by atoms with E-state index in [0.717, 1.165) is 27.7 Å². The van der Waals surface area contributed by atoms with Gasteiger partial charge in [-0.2, -0.15) is 0 Å². The van der Waals surface area contributed by atoms with E-state index >= 15 is 0 Å². The SMILES string of the molecule is CCc1cnc(CNC(=NC)NCc2ccc(Br)s2)s1. The van der Waals surface area contributed by atoms with Crippen molar-refractivity contribution in [1.29, 1.82) is 0 Å². The van der Waals surface area contributed by atoms with Crippen LogP contribution in [0.1, 0.15) is 21.7 Å². The van der Waals surface area contributed by atoms with Crippen LogP contribution in [0.15, 0.2) is 27.1 Å². The second-order valence-electron chi connectivity index (χ2n) is 4.06. The molecule has 7 heteroatoms. The van der Waals surface area contributed by atoms with Gasteiger partial charge in [0.15, 0.2) is 5.96 Å². The number of thiazole rings is 1. The van der Waals surface area contributed by atoms with Crippen molar-refractivity contribution in [2.75, 3.05) is 7.05 Å². The van der Waals surface area contributed by atoms with Gasteiger partial charge in [0.1, 0.15) is 5.01 Å². The molecule has 2 rings (SSSR count). The first-order chi connectivity index (χ1) is 9.71. The van der Waals surface area contributed by atoms with E-state index in [1.807, 2.05) is 6.20 Å². The van der Waals surface area contributed by atoms with Crippen molar-refractivity contribution in [3.8, 4) is 0 Å². The molecule has 2 aromatic rings. The Hall–Kier alpha value is -0.920. The molecule has 0 aliphatic carbocycles. The highest BCUT2D eigenvalue weighted by Gasteiger charge is 2.03. The Bertz CT molecular complexity index is 576. The molecule has 2 heterocycles. The molecule has 0 fully saturated rings. The first kappa shape index (κ1) is 15.5. The maximum atomic E-state index is 4.38. The van der Waals surface area contributed by atoms with Crippen molar-refractivity contribution >= 4 is 44.6 Å². The van der Waals surface area contributed by atoms with Crippen molar-refractivity contribution in [3.05, 3.63) is 36.9 Å². The first-order valence-electron chi connectivity index (χ1n) is 6.33. The lowest BCUT2D eigenvalue weighted by Gasteiger charge is -2.09. The summed E-state index contributed by atoms with van der Waals surface area (Å²) in [6.45, 7) is 3.62. The summed E-state index contributed by atoms with van der Waals surface area (Å²) in [5.74, 6) is 0.794. The lowest BCUT2D eigenvalue weighted by atomic mass is 10.4. The molecule has 0 atom stereocenters. The number of halogens is 1. The number of guanidine groups is 1. The third-order valence-corrected chi connectivity index (χ3v) is 5.40. The Kier molecular flexibility index (Phi) is 6.00. The molecule has 0 saturated heterocycles. The van der Waals surface area contributed by atoms with Gasteiger partial charge in [-0.3, -0.25) is 4.99 Å². The van der Waals surface area contributed by atoms with Crippen LogP contribution in [0.4, 0.5) is 0 Å². The summed E-state index contributed by atoms with van der Waals surface area (Å²) in [6, 6.07) is 4.16. The van der Waals surface area contributed by atoms with E-state index in [-0.39, 0.29) is 0 Å². The van der Waals surface area contributed by atoms with Crippen LogP contribution in [0, 0.1) is 0 Å². The average molecular weight is 373 g/mol. The predicted molar refractivity (Wildman–Crippen MR) is 90.5 cm³/mol. The van der Waals surface area contributed by atoms with Crippen LogP contribution < -0.4 is 10.6 Å². The zero-order valence-electron chi connectivity index (χ0n) is 11.4. The number of aromatic nitrogens is 1. The maximum Gasteiger partial charge on any atom is 0.191 e. The Morgan fingerprint density at radius 3 is 2.65 bits per heavy atom. The summed E-state index contributed by atoms with van der Waals surface area (Å²) >= 11 is 6.93. The van der Waals surface area contributed by atoms with Crippen LogP contribution in [0.25, 0.3) is 0 Å². The molecule has 108 valence electrons. The fourth-order valence-electron chi connectivity index (χ4n) is 1.59. The van der Waals surface area contributed by atoms with E-state index in [4.69, 9.17) is 0 Å². The number of nitrogens with one attached hydrogen (secondary N) is 2. The van der Waals surface area contributed by atoms with E-state index < -0.39 is 0 Å². The number of hydrogen-bond acceptors (Lipinski definition) is 4. The number of aryl methyl sites for hydroxylation is 1. The normalized spacial score (nSPS) is 11.7. The van der Waals surface area contributed by atoms with Crippen molar-refractivity contribution in [2.24, 2.45) is 4.99 Å². The monoisotopic (exact) mass is 372 g/mol. The summed E-state index contributed by atoms with van der Waals surface area (Å²) < 4.78 is 1.15. The van der Waals surface area contributed by atoms with Crippen molar-refractivity contribution in [3.63, 3.8) is 0 Å². The van der Waals surface area contributed by atoms with Gasteiger partial charge in [0.05, 0.1) is 16.9 Å². The minimum atomic E-state index is 0.707. The van der Waals surface area contributed by atoms with Crippen LogP contribution in [0.5, 0.6) is 0 Å². The molecule has 4 nitrogen and oxygen atoms in total. The van der Waals surface area contributed by atoms with Crippen LogP contribution in [0.3, 0.4) is 0 Å². The molecule has 0 aliphatic rings. The molecule has 0 unspecified atom stereocenters. The third kappa shape index (κ3) is 4.57. The van der Waals surface area contributed by atoms with Gasteiger partial charge in [-0.1, -0.05) is 6.92 Å². The lowest BCUT2D eigenvalue weighted by molar-refractivity contribution is 0.811. The highest BCUT2D eigenvalue weighted by molar-refractivity contribution is 9.11.